The summed E-state index contributed by atoms with van der Waals surface area (Å²) in [6.07, 6.45) is 4.89. The summed E-state index contributed by atoms with van der Waals surface area (Å²) < 4.78 is 10.5. The van der Waals surface area contributed by atoms with Gasteiger partial charge in [-0.1, -0.05) is 6.92 Å². The molecular formula is C23H25N3O3. The summed E-state index contributed by atoms with van der Waals surface area (Å²) in [7, 11) is 3.18. The van der Waals surface area contributed by atoms with E-state index in [4.69, 9.17) is 9.47 Å². The first-order valence-corrected chi connectivity index (χ1v) is 9.78. The van der Waals surface area contributed by atoms with Crippen LogP contribution in [0.25, 0.3) is 10.9 Å². The van der Waals surface area contributed by atoms with E-state index in [1.807, 2.05) is 30.3 Å². The molecule has 6 heteroatoms. The molecule has 1 amide bonds. The molecule has 2 N–H and O–H groups in total. The topological polar surface area (TPSA) is 75.7 Å². The number of aryl methyl sites for hydroxylation is 1. The third-order valence-corrected chi connectivity index (χ3v) is 5.51. The number of hydrogen-bond donors (Lipinski definition) is 2. The third kappa shape index (κ3) is 3.83. The first-order valence-electron chi connectivity index (χ1n) is 9.78. The minimum atomic E-state index is -0.241. The van der Waals surface area contributed by atoms with Crippen LogP contribution in [0, 0.1) is 5.92 Å². The van der Waals surface area contributed by atoms with Gasteiger partial charge in [0, 0.05) is 33.8 Å². The molecule has 1 aliphatic rings. The molecule has 2 aromatic carbocycles. The number of amides is 1. The number of benzene rings is 2. The van der Waals surface area contributed by atoms with E-state index in [1.165, 1.54) is 17.7 Å². The molecule has 0 fully saturated rings. The molecular weight excluding hydrogens is 366 g/mol. The molecule has 1 unspecified atom stereocenters. The fraction of sp³-hybridized carbons (Fsp3) is 0.304. The van der Waals surface area contributed by atoms with E-state index in [0.717, 1.165) is 29.3 Å². The van der Waals surface area contributed by atoms with Crippen molar-refractivity contribution in [3.8, 4) is 11.5 Å². The first-order chi connectivity index (χ1) is 14.1. The monoisotopic (exact) mass is 391 g/mol. The lowest BCUT2D eigenvalue weighted by Gasteiger charge is -2.18. The van der Waals surface area contributed by atoms with Gasteiger partial charge in [-0.3, -0.25) is 4.79 Å². The molecule has 1 aromatic heterocycles. The molecule has 1 aliphatic carbocycles. The Kier molecular flexibility index (Phi) is 5.25. The number of nitrogens with zero attached hydrogens (tertiary/aromatic N) is 1. The number of hydrazone groups is 1. The second kappa shape index (κ2) is 7.99. The van der Waals surface area contributed by atoms with Crippen molar-refractivity contribution in [1.29, 1.82) is 0 Å². The molecule has 0 radical (unpaired) electrons. The Balaban J connectivity index is 1.52. The van der Waals surface area contributed by atoms with Crippen LogP contribution < -0.4 is 14.9 Å². The van der Waals surface area contributed by atoms with Crippen LogP contribution >= 0.6 is 0 Å². The molecule has 0 aliphatic heterocycles. The highest BCUT2D eigenvalue weighted by Crippen LogP contribution is 2.32. The molecule has 29 heavy (non-hydrogen) atoms. The Bertz CT molecular complexity index is 1080. The smallest absolute Gasteiger partial charge is 0.271 e. The number of H-pyrrole nitrogens is 1. The zero-order valence-corrected chi connectivity index (χ0v) is 16.9. The number of hydrogen-bond acceptors (Lipinski definition) is 4. The number of aromatic nitrogens is 1. The van der Waals surface area contributed by atoms with Gasteiger partial charge in [0.1, 0.15) is 11.5 Å². The van der Waals surface area contributed by atoms with E-state index < -0.39 is 0 Å². The van der Waals surface area contributed by atoms with Crippen molar-refractivity contribution in [1.82, 2.24) is 10.4 Å². The van der Waals surface area contributed by atoms with Gasteiger partial charge >= 0.3 is 0 Å². The highest BCUT2D eigenvalue weighted by molar-refractivity contribution is 5.99. The summed E-state index contributed by atoms with van der Waals surface area (Å²) in [5.74, 6) is 1.75. The molecule has 1 heterocycles. The Labute approximate surface area is 169 Å². The van der Waals surface area contributed by atoms with Crippen LogP contribution in [0.1, 0.15) is 40.5 Å². The molecule has 0 bridgehead atoms. The van der Waals surface area contributed by atoms with Crippen LogP contribution in [0.15, 0.2) is 41.5 Å². The molecule has 4 rings (SSSR count). The molecule has 6 nitrogen and oxygen atoms in total. The number of ether oxygens (including phenoxy) is 2. The summed E-state index contributed by atoms with van der Waals surface area (Å²) in [6.45, 7) is 2.28. The van der Waals surface area contributed by atoms with Gasteiger partial charge in [0.15, 0.2) is 0 Å². The van der Waals surface area contributed by atoms with Crippen LogP contribution in [-0.4, -0.2) is 31.3 Å². The van der Waals surface area contributed by atoms with Crippen molar-refractivity contribution in [3.05, 3.63) is 58.8 Å². The van der Waals surface area contributed by atoms with Crippen molar-refractivity contribution in [3.63, 3.8) is 0 Å². The van der Waals surface area contributed by atoms with Gasteiger partial charge in [-0.15, -0.1) is 0 Å². The minimum absolute atomic E-state index is 0.241. The zero-order chi connectivity index (χ0) is 20.4. The number of aromatic amines is 1. The SMILES string of the molecule is COc1ccc(/C=N\NC(=O)c2ccc3[nH]c4c(c3c2)CC(C)CC4)c(OC)c1. The number of carbonyl (C=O) groups is 1. The van der Waals surface area contributed by atoms with Gasteiger partial charge in [-0.05, 0) is 61.1 Å². The minimum Gasteiger partial charge on any atom is -0.497 e. The van der Waals surface area contributed by atoms with Gasteiger partial charge in [-0.25, -0.2) is 5.43 Å². The van der Waals surface area contributed by atoms with Crippen molar-refractivity contribution in [2.24, 2.45) is 11.0 Å². The quantitative estimate of drug-likeness (QED) is 0.508. The zero-order valence-electron chi connectivity index (χ0n) is 16.9. The summed E-state index contributed by atoms with van der Waals surface area (Å²) in [5, 5.41) is 5.24. The summed E-state index contributed by atoms with van der Waals surface area (Å²) >= 11 is 0. The number of carbonyl (C=O) groups excluding carboxylic acids is 1. The maximum absolute atomic E-state index is 12.6. The normalized spacial score (nSPS) is 16.0. The summed E-state index contributed by atoms with van der Waals surface area (Å²) in [5.41, 5.74) is 7.69. The standard InChI is InChI=1S/C23H25N3O3/c1-14-4-8-20-18(10-14)19-11-15(6-9-21(19)25-20)23(27)26-24-13-16-5-7-17(28-2)12-22(16)29-3/h5-7,9,11-14,25H,4,8,10H2,1-3H3,(H,26,27)/b24-13-. The van der Waals surface area contributed by atoms with Gasteiger partial charge in [-0.2, -0.15) is 5.10 Å². The maximum Gasteiger partial charge on any atom is 0.271 e. The van der Waals surface area contributed by atoms with E-state index in [-0.39, 0.29) is 5.91 Å². The number of methoxy groups -OCH3 is 2. The largest absolute Gasteiger partial charge is 0.497 e. The highest BCUT2D eigenvalue weighted by atomic mass is 16.5. The lowest BCUT2D eigenvalue weighted by molar-refractivity contribution is 0.0955. The second-order valence-corrected chi connectivity index (χ2v) is 7.50. The Hall–Kier alpha value is -3.28. The van der Waals surface area contributed by atoms with E-state index in [1.54, 1.807) is 26.5 Å². The lowest BCUT2D eigenvalue weighted by Crippen LogP contribution is -2.17. The first kappa shape index (κ1) is 19.1. The van der Waals surface area contributed by atoms with E-state index >= 15 is 0 Å². The van der Waals surface area contributed by atoms with E-state index in [9.17, 15) is 4.79 Å². The fourth-order valence-electron chi connectivity index (χ4n) is 3.88. The van der Waals surface area contributed by atoms with Crippen LogP contribution in [0.4, 0.5) is 0 Å². The molecule has 3 aromatic rings. The van der Waals surface area contributed by atoms with E-state index in [0.29, 0.717) is 23.0 Å². The lowest BCUT2D eigenvalue weighted by atomic mass is 9.87. The highest BCUT2D eigenvalue weighted by Gasteiger charge is 2.20. The Morgan fingerprint density at radius 1 is 1.21 bits per heavy atom. The van der Waals surface area contributed by atoms with Gasteiger partial charge in [0.25, 0.3) is 5.91 Å². The predicted molar refractivity (Wildman–Crippen MR) is 114 cm³/mol. The van der Waals surface area contributed by atoms with Crippen LogP contribution in [0.2, 0.25) is 0 Å². The molecule has 0 saturated heterocycles. The van der Waals surface area contributed by atoms with Gasteiger partial charge in [0.2, 0.25) is 0 Å². The number of nitrogens with one attached hydrogen (secondary N) is 2. The van der Waals surface area contributed by atoms with Crippen LogP contribution in [-0.2, 0) is 12.8 Å². The van der Waals surface area contributed by atoms with Crippen LogP contribution in [0.5, 0.6) is 11.5 Å². The summed E-state index contributed by atoms with van der Waals surface area (Å²) in [6, 6.07) is 11.2. The average Bonchev–Trinajstić information content (AvgIpc) is 3.10. The molecule has 150 valence electrons. The Morgan fingerprint density at radius 3 is 2.86 bits per heavy atom. The van der Waals surface area contributed by atoms with Crippen molar-refractivity contribution in [2.45, 2.75) is 26.2 Å². The molecule has 0 spiro atoms. The number of rotatable bonds is 5. The van der Waals surface area contributed by atoms with Crippen molar-refractivity contribution < 1.29 is 14.3 Å². The van der Waals surface area contributed by atoms with E-state index in [2.05, 4.69) is 22.4 Å². The third-order valence-electron chi connectivity index (χ3n) is 5.51. The van der Waals surface area contributed by atoms with Crippen LogP contribution in [0.3, 0.4) is 0 Å². The molecule has 0 saturated carbocycles. The van der Waals surface area contributed by atoms with Crippen molar-refractivity contribution >= 4 is 23.0 Å². The molecule has 1 atom stereocenters. The number of fused-ring (bicyclic) bond motifs is 3. The Morgan fingerprint density at radius 2 is 2.07 bits per heavy atom. The summed E-state index contributed by atoms with van der Waals surface area (Å²) in [4.78, 5) is 16.1. The maximum atomic E-state index is 12.6. The van der Waals surface area contributed by atoms with Crippen molar-refractivity contribution in [2.75, 3.05) is 14.2 Å². The van der Waals surface area contributed by atoms with Gasteiger partial charge < -0.3 is 14.5 Å². The average molecular weight is 391 g/mol. The second-order valence-electron chi connectivity index (χ2n) is 7.50. The fourth-order valence-corrected chi connectivity index (χ4v) is 3.88. The van der Waals surface area contributed by atoms with Gasteiger partial charge in [0.05, 0.1) is 20.4 Å². The predicted octanol–water partition coefficient (Wildman–Crippen LogP) is 4.07.